The molecular formula is C21H18N4O4. The molecule has 0 radical (unpaired) electrons. The summed E-state index contributed by atoms with van der Waals surface area (Å²) in [6, 6.07) is 11.9. The van der Waals surface area contributed by atoms with Gasteiger partial charge in [0, 0.05) is 25.6 Å². The van der Waals surface area contributed by atoms with Crippen molar-refractivity contribution in [2.45, 2.75) is 19.8 Å². The zero-order valence-electron chi connectivity index (χ0n) is 15.9. The molecule has 2 aromatic rings. The molecule has 4 amide bonds. The first-order chi connectivity index (χ1) is 13.8. The molecule has 1 N–H and O–H groups in total. The number of carbonyl (C=O) groups excluding carboxylic acids is 4. The van der Waals surface area contributed by atoms with Crippen LogP contribution < -0.4 is 10.3 Å². The molecule has 0 saturated heterocycles. The number of nitrogens with one attached hydrogen (secondary N) is 1. The first-order valence-corrected chi connectivity index (χ1v) is 9.10. The summed E-state index contributed by atoms with van der Waals surface area (Å²) in [5.74, 6) is -1.42. The average molecular weight is 390 g/mol. The Balaban J connectivity index is 1.57. The van der Waals surface area contributed by atoms with Gasteiger partial charge in [-0.1, -0.05) is 12.1 Å². The van der Waals surface area contributed by atoms with Gasteiger partial charge < -0.3 is 5.32 Å². The third-order valence-electron chi connectivity index (χ3n) is 4.89. The average Bonchev–Trinajstić information content (AvgIpc) is 2.92. The van der Waals surface area contributed by atoms with E-state index >= 15 is 0 Å². The maximum atomic E-state index is 12.7. The number of carbonyl (C=O) groups is 4. The lowest BCUT2D eigenvalue weighted by Gasteiger charge is -2.23. The second-order valence-electron chi connectivity index (χ2n) is 6.98. The van der Waals surface area contributed by atoms with E-state index in [1.54, 1.807) is 12.1 Å². The van der Waals surface area contributed by atoms with Crippen molar-refractivity contribution in [3.05, 3.63) is 59.2 Å². The molecule has 4 rings (SSSR count). The number of rotatable bonds is 3. The van der Waals surface area contributed by atoms with Crippen LogP contribution >= 0.6 is 0 Å². The second kappa shape index (κ2) is 6.97. The molecule has 0 bridgehead atoms. The summed E-state index contributed by atoms with van der Waals surface area (Å²) in [6.07, 6.45) is 0.389. The molecule has 2 aliphatic rings. The van der Waals surface area contributed by atoms with Crippen molar-refractivity contribution in [3.8, 4) is 0 Å². The largest absolute Gasteiger partial charge is 0.321 e. The van der Waals surface area contributed by atoms with Crippen molar-refractivity contribution >= 4 is 40.7 Å². The topological polar surface area (TPSA) is 99.2 Å². The summed E-state index contributed by atoms with van der Waals surface area (Å²) >= 11 is 0. The van der Waals surface area contributed by atoms with Crippen molar-refractivity contribution in [1.82, 2.24) is 4.90 Å². The SMILES string of the molecule is Cc1cccc(N2N=C(C(=O)Nc3ccc4c(c3)C(=O)N(C)C4=O)CCC2=O)c1. The zero-order chi connectivity index (χ0) is 20.7. The summed E-state index contributed by atoms with van der Waals surface area (Å²) in [6.45, 7) is 1.91. The lowest BCUT2D eigenvalue weighted by atomic mass is 10.1. The maximum absolute atomic E-state index is 12.7. The molecule has 2 aliphatic heterocycles. The zero-order valence-corrected chi connectivity index (χ0v) is 15.9. The van der Waals surface area contributed by atoms with Crippen LogP contribution in [0.5, 0.6) is 0 Å². The predicted molar refractivity (Wildman–Crippen MR) is 107 cm³/mol. The Morgan fingerprint density at radius 1 is 1.00 bits per heavy atom. The summed E-state index contributed by atoms with van der Waals surface area (Å²) in [5.41, 5.74) is 2.73. The van der Waals surface area contributed by atoms with E-state index in [1.807, 2.05) is 25.1 Å². The number of amides is 4. The number of hydrogen-bond donors (Lipinski definition) is 1. The van der Waals surface area contributed by atoms with Crippen LogP contribution in [0.25, 0.3) is 0 Å². The Morgan fingerprint density at radius 2 is 1.76 bits per heavy atom. The fourth-order valence-corrected chi connectivity index (χ4v) is 3.32. The van der Waals surface area contributed by atoms with Gasteiger partial charge in [-0.2, -0.15) is 5.10 Å². The van der Waals surface area contributed by atoms with Gasteiger partial charge in [0.15, 0.2) is 0 Å². The Bertz CT molecular complexity index is 1110. The standard InChI is InChI=1S/C21H18N4O4/c1-12-4-3-5-14(10-12)25-18(26)9-8-17(23-25)19(27)22-13-6-7-15-16(11-13)21(29)24(2)20(15)28/h3-7,10-11H,8-9H2,1-2H3,(H,22,27). The van der Waals surface area contributed by atoms with Crippen LogP contribution in [-0.2, 0) is 9.59 Å². The van der Waals surface area contributed by atoms with Gasteiger partial charge in [0.1, 0.15) is 5.71 Å². The highest BCUT2D eigenvalue weighted by molar-refractivity contribution is 6.44. The molecule has 0 aromatic heterocycles. The predicted octanol–water partition coefficient (Wildman–Crippen LogP) is 2.34. The summed E-state index contributed by atoms with van der Waals surface area (Å²) in [4.78, 5) is 50.1. The normalized spacial score (nSPS) is 16.1. The van der Waals surface area contributed by atoms with Crippen LogP contribution in [-0.4, -0.2) is 41.3 Å². The fraction of sp³-hybridized carbons (Fsp3) is 0.190. The monoisotopic (exact) mass is 390 g/mol. The van der Waals surface area contributed by atoms with E-state index in [-0.39, 0.29) is 35.9 Å². The van der Waals surface area contributed by atoms with Crippen molar-refractivity contribution in [2.24, 2.45) is 5.10 Å². The molecule has 0 spiro atoms. The minimum atomic E-state index is -0.458. The number of hydrogen-bond acceptors (Lipinski definition) is 5. The molecule has 0 saturated carbocycles. The van der Waals surface area contributed by atoms with E-state index in [4.69, 9.17) is 0 Å². The molecule has 0 unspecified atom stereocenters. The lowest BCUT2D eigenvalue weighted by molar-refractivity contribution is -0.118. The van der Waals surface area contributed by atoms with E-state index in [0.717, 1.165) is 10.5 Å². The van der Waals surface area contributed by atoms with Gasteiger partial charge in [0.05, 0.1) is 16.8 Å². The Hall–Kier alpha value is -3.81. The van der Waals surface area contributed by atoms with Crippen molar-refractivity contribution in [3.63, 3.8) is 0 Å². The Labute approximate surface area is 166 Å². The lowest BCUT2D eigenvalue weighted by Crippen LogP contribution is -2.36. The van der Waals surface area contributed by atoms with Gasteiger partial charge in [-0.05, 0) is 42.8 Å². The minimum Gasteiger partial charge on any atom is -0.321 e. The number of nitrogens with zero attached hydrogens (tertiary/aromatic N) is 3. The van der Waals surface area contributed by atoms with E-state index in [1.165, 1.54) is 24.2 Å². The van der Waals surface area contributed by atoms with Gasteiger partial charge in [-0.3, -0.25) is 24.1 Å². The van der Waals surface area contributed by atoms with Crippen LogP contribution in [0.3, 0.4) is 0 Å². The molecule has 0 atom stereocenters. The van der Waals surface area contributed by atoms with Crippen LogP contribution in [0.2, 0.25) is 0 Å². The summed E-state index contributed by atoms with van der Waals surface area (Å²) < 4.78 is 0. The minimum absolute atomic E-state index is 0.169. The van der Waals surface area contributed by atoms with Crippen LogP contribution in [0, 0.1) is 6.92 Å². The quantitative estimate of drug-likeness (QED) is 0.813. The van der Waals surface area contributed by atoms with Crippen molar-refractivity contribution in [1.29, 1.82) is 0 Å². The third kappa shape index (κ3) is 3.29. The third-order valence-corrected chi connectivity index (χ3v) is 4.89. The summed E-state index contributed by atoms with van der Waals surface area (Å²) in [5, 5.41) is 8.18. The van der Waals surface area contributed by atoms with E-state index in [0.29, 0.717) is 16.9 Å². The molecule has 8 nitrogen and oxygen atoms in total. The number of fused-ring (bicyclic) bond motifs is 1. The van der Waals surface area contributed by atoms with Crippen molar-refractivity contribution in [2.75, 3.05) is 17.4 Å². The van der Waals surface area contributed by atoms with Gasteiger partial charge >= 0.3 is 0 Å². The fourth-order valence-electron chi connectivity index (χ4n) is 3.32. The van der Waals surface area contributed by atoms with Crippen LogP contribution in [0.4, 0.5) is 11.4 Å². The highest BCUT2D eigenvalue weighted by atomic mass is 16.2. The van der Waals surface area contributed by atoms with Crippen LogP contribution in [0.15, 0.2) is 47.6 Å². The van der Waals surface area contributed by atoms with Gasteiger partial charge in [0.25, 0.3) is 17.7 Å². The van der Waals surface area contributed by atoms with Gasteiger partial charge in [-0.25, -0.2) is 5.01 Å². The number of benzene rings is 2. The second-order valence-corrected chi connectivity index (χ2v) is 6.98. The number of aryl methyl sites for hydroxylation is 1. The van der Waals surface area contributed by atoms with Crippen LogP contribution in [0.1, 0.15) is 39.1 Å². The number of anilines is 2. The smallest absolute Gasteiger partial charge is 0.271 e. The molecular weight excluding hydrogens is 372 g/mol. The first kappa shape index (κ1) is 18.5. The molecule has 8 heteroatoms. The molecule has 146 valence electrons. The number of imide groups is 1. The first-order valence-electron chi connectivity index (χ1n) is 9.10. The Morgan fingerprint density at radius 3 is 2.52 bits per heavy atom. The van der Waals surface area contributed by atoms with Crippen molar-refractivity contribution < 1.29 is 19.2 Å². The molecule has 2 aromatic carbocycles. The number of hydrazone groups is 1. The van der Waals surface area contributed by atoms with E-state index in [9.17, 15) is 19.2 Å². The summed E-state index contributed by atoms with van der Waals surface area (Å²) in [7, 11) is 1.41. The molecule has 2 heterocycles. The highest BCUT2D eigenvalue weighted by Gasteiger charge is 2.33. The molecule has 0 fully saturated rings. The van der Waals surface area contributed by atoms with E-state index in [2.05, 4.69) is 10.4 Å². The molecule has 0 aliphatic carbocycles. The highest BCUT2D eigenvalue weighted by Crippen LogP contribution is 2.25. The maximum Gasteiger partial charge on any atom is 0.271 e. The van der Waals surface area contributed by atoms with Gasteiger partial charge in [0.2, 0.25) is 5.91 Å². The van der Waals surface area contributed by atoms with Gasteiger partial charge in [-0.15, -0.1) is 0 Å². The molecule has 29 heavy (non-hydrogen) atoms. The Kier molecular flexibility index (Phi) is 4.46. The van der Waals surface area contributed by atoms with E-state index < -0.39 is 11.8 Å².